The fourth-order valence-electron chi connectivity index (χ4n) is 0.883. The Bertz CT molecular complexity index is 362. The summed E-state index contributed by atoms with van der Waals surface area (Å²) in [6.45, 7) is 0. The number of halogens is 2. The highest BCUT2D eigenvalue weighted by Crippen LogP contribution is 2.08. The summed E-state index contributed by atoms with van der Waals surface area (Å²) in [5, 5.41) is 4.62. The number of nitrogens with zero attached hydrogens (tertiary/aromatic N) is 2. The first kappa shape index (κ1) is 10.4. The largest absolute Gasteiger partial charge is 0.382 e. The third-order valence-corrected chi connectivity index (χ3v) is 1.48. The third-order valence-electron chi connectivity index (χ3n) is 1.48. The Morgan fingerprint density at radius 1 is 1.36 bits per heavy atom. The first-order chi connectivity index (χ1) is 6.50. The van der Waals surface area contributed by atoms with Crippen molar-refractivity contribution in [2.75, 3.05) is 7.05 Å². The van der Waals surface area contributed by atoms with Crippen LogP contribution in [0.15, 0.2) is 23.3 Å². The van der Waals surface area contributed by atoms with Gasteiger partial charge in [-0.2, -0.15) is 0 Å². The van der Waals surface area contributed by atoms with Crippen LogP contribution in [0.2, 0.25) is 0 Å². The molecule has 0 saturated carbocycles. The molecule has 0 amide bonds. The summed E-state index contributed by atoms with van der Waals surface area (Å²) in [5.74, 6) is 3.32. The Labute approximate surface area is 79.8 Å². The second kappa shape index (κ2) is 4.01. The van der Waals surface area contributed by atoms with Crippen LogP contribution in [-0.2, 0) is 0 Å². The van der Waals surface area contributed by atoms with Gasteiger partial charge in [-0.25, -0.2) is 19.7 Å². The molecule has 0 unspecified atom stereocenters. The number of nitrogens with two attached hydrogens (primary N) is 2. The van der Waals surface area contributed by atoms with Gasteiger partial charge in [-0.15, -0.1) is 5.10 Å². The average Bonchev–Trinajstić information content (AvgIpc) is 2.08. The van der Waals surface area contributed by atoms with Gasteiger partial charge in [0.25, 0.3) is 0 Å². The van der Waals surface area contributed by atoms with Gasteiger partial charge in [0.05, 0.1) is 0 Å². The smallest absolute Gasteiger partial charge is 0.159 e. The summed E-state index contributed by atoms with van der Waals surface area (Å²) < 4.78 is 25.3. The second-order valence-electron chi connectivity index (χ2n) is 2.69. The summed E-state index contributed by atoms with van der Waals surface area (Å²) in [6, 6.07) is 3.25. The van der Waals surface area contributed by atoms with Crippen molar-refractivity contribution >= 4 is 5.84 Å². The molecule has 0 spiro atoms. The molecule has 0 heterocycles. The van der Waals surface area contributed by atoms with Gasteiger partial charge in [0, 0.05) is 12.6 Å². The van der Waals surface area contributed by atoms with E-state index in [9.17, 15) is 8.78 Å². The molecule has 1 rings (SSSR count). The Morgan fingerprint density at radius 2 is 2.00 bits per heavy atom. The summed E-state index contributed by atoms with van der Waals surface area (Å²) in [6.07, 6.45) is 0. The van der Waals surface area contributed by atoms with Crippen molar-refractivity contribution < 1.29 is 8.78 Å². The molecule has 4 nitrogen and oxygen atoms in total. The number of hydrogen-bond donors (Lipinski definition) is 2. The normalized spacial score (nSPS) is 11.6. The van der Waals surface area contributed by atoms with Crippen molar-refractivity contribution in [3.8, 4) is 0 Å². The molecule has 76 valence electrons. The van der Waals surface area contributed by atoms with E-state index in [2.05, 4.69) is 5.10 Å². The molecule has 0 aliphatic rings. The van der Waals surface area contributed by atoms with Gasteiger partial charge in [-0.3, -0.25) is 0 Å². The van der Waals surface area contributed by atoms with Gasteiger partial charge in [-0.05, 0) is 18.2 Å². The number of hydrogen-bond acceptors (Lipinski definition) is 3. The van der Waals surface area contributed by atoms with Crippen LogP contribution in [-0.4, -0.2) is 18.0 Å². The standard InChI is InChI=1S/C8H10F2N4/c1-14(12)13-8(11)5-2-3-6(9)7(10)4-5/h2-4H,12H2,1H3,(H2,11,13). The van der Waals surface area contributed by atoms with Crippen molar-refractivity contribution in [1.29, 1.82) is 0 Å². The number of hydrazone groups is 1. The van der Waals surface area contributed by atoms with E-state index in [1.807, 2.05) is 0 Å². The second-order valence-corrected chi connectivity index (χ2v) is 2.69. The molecule has 6 heteroatoms. The van der Waals surface area contributed by atoms with E-state index in [1.54, 1.807) is 0 Å². The van der Waals surface area contributed by atoms with E-state index in [0.717, 1.165) is 17.3 Å². The maximum atomic E-state index is 12.7. The van der Waals surface area contributed by atoms with Crippen LogP contribution >= 0.6 is 0 Å². The molecular formula is C8H10F2N4. The van der Waals surface area contributed by atoms with Gasteiger partial charge >= 0.3 is 0 Å². The minimum atomic E-state index is -0.972. The molecule has 0 aliphatic carbocycles. The molecule has 1 aromatic carbocycles. The zero-order chi connectivity index (χ0) is 10.7. The average molecular weight is 200 g/mol. The van der Waals surface area contributed by atoms with E-state index in [-0.39, 0.29) is 11.4 Å². The van der Waals surface area contributed by atoms with E-state index in [4.69, 9.17) is 11.6 Å². The lowest BCUT2D eigenvalue weighted by Gasteiger charge is -2.06. The third kappa shape index (κ3) is 2.40. The van der Waals surface area contributed by atoms with Crippen LogP contribution in [0.4, 0.5) is 8.78 Å². The molecular weight excluding hydrogens is 190 g/mol. The summed E-state index contributed by atoms with van der Waals surface area (Å²) in [7, 11) is 1.47. The van der Waals surface area contributed by atoms with Crippen molar-refractivity contribution in [3.63, 3.8) is 0 Å². The minimum Gasteiger partial charge on any atom is -0.382 e. The monoisotopic (exact) mass is 200 g/mol. The Hall–Kier alpha value is -1.69. The highest BCUT2D eigenvalue weighted by Gasteiger charge is 2.05. The van der Waals surface area contributed by atoms with Crippen LogP contribution in [0.1, 0.15) is 5.56 Å². The van der Waals surface area contributed by atoms with Crippen LogP contribution < -0.4 is 11.6 Å². The maximum Gasteiger partial charge on any atom is 0.159 e. The summed E-state index contributed by atoms with van der Waals surface area (Å²) >= 11 is 0. The Morgan fingerprint density at radius 3 is 2.50 bits per heavy atom. The highest BCUT2D eigenvalue weighted by atomic mass is 19.2. The molecule has 0 bridgehead atoms. The number of benzene rings is 1. The molecule has 1 aromatic rings. The predicted octanol–water partition coefficient (Wildman–Crippen LogP) is 0.391. The summed E-state index contributed by atoms with van der Waals surface area (Å²) in [5.41, 5.74) is 5.73. The lowest BCUT2D eigenvalue weighted by molar-refractivity contribution is 0.371. The van der Waals surface area contributed by atoms with Crippen molar-refractivity contribution in [3.05, 3.63) is 35.4 Å². The SMILES string of the molecule is CN(N)/N=C(\N)c1ccc(F)c(F)c1. The van der Waals surface area contributed by atoms with E-state index >= 15 is 0 Å². The molecule has 0 aromatic heterocycles. The van der Waals surface area contributed by atoms with Gasteiger partial charge in [0.15, 0.2) is 17.5 Å². The van der Waals surface area contributed by atoms with E-state index in [0.29, 0.717) is 0 Å². The van der Waals surface area contributed by atoms with Crippen molar-refractivity contribution in [2.45, 2.75) is 0 Å². The highest BCUT2D eigenvalue weighted by molar-refractivity contribution is 5.97. The quantitative estimate of drug-likeness (QED) is 0.314. The Balaban J connectivity index is 3.03. The molecule has 0 fully saturated rings. The van der Waals surface area contributed by atoms with Crippen LogP contribution in [0, 0.1) is 11.6 Å². The number of amidine groups is 1. The minimum absolute atomic E-state index is 0.0221. The predicted molar refractivity (Wildman–Crippen MR) is 49.0 cm³/mol. The molecule has 4 N–H and O–H groups in total. The first-order valence-corrected chi connectivity index (χ1v) is 3.78. The van der Waals surface area contributed by atoms with Crippen molar-refractivity contribution in [2.24, 2.45) is 16.7 Å². The zero-order valence-corrected chi connectivity index (χ0v) is 7.54. The van der Waals surface area contributed by atoms with E-state index < -0.39 is 11.6 Å². The van der Waals surface area contributed by atoms with Crippen LogP contribution in [0.5, 0.6) is 0 Å². The molecule has 0 atom stereocenters. The number of rotatable bonds is 2. The number of hydrazine groups is 1. The zero-order valence-electron chi connectivity index (χ0n) is 7.54. The fraction of sp³-hybridized carbons (Fsp3) is 0.125. The maximum absolute atomic E-state index is 12.7. The molecule has 0 saturated heterocycles. The van der Waals surface area contributed by atoms with Gasteiger partial charge in [-0.1, -0.05) is 0 Å². The lowest BCUT2D eigenvalue weighted by Crippen LogP contribution is -2.25. The molecule has 0 radical (unpaired) electrons. The van der Waals surface area contributed by atoms with Gasteiger partial charge in [0.2, 0.25) is 0 Å². The van der Waals surface area contributed by atoms with Crippen LogP contribution in [0.3, 0.4) is 0 Å². The molecule has 0 aliphatic heterocycles. The summed E-state index contributed by atoms with van der Waals surface area (Å²) in [4.78, 5) is 0. The lowest BCUT2D eigenvalue weighted by atomic mass is 10.2. The Kier molecular flexibility index (Phi) is 2.98. The van der Waals surface area contributed by atoms with Crippen molar-refractivity contribution in [1.82, 2.24) is 5.12 Å². The van der Waals surface area contributed by atoms with Gasteiger partial charge in [0.1, 0.15) is 0 Å². The van der Waals surface area contributed by atoms with E-state index in [1.165, 1.54) is 13.1 Å². The van der Waals surface area contributed by atoms with Gasteiger partial charge < -0.3 is 5.73 Å². The topological polar surface area (TPSA) is 67.6 Å². The molecule has 14 heavy (non-hydrogen) atoms. The van der Waals surface area contributed by atoms with Crippen LogP contribution in [0.25, 0.3) is 0 Å². The fourth-order valence-corrected chi connectivity index (χ4v) is 0.883. The first-order valence-electron chi connectivity index (χ1n) is 3.78.